The zero-order chi connectivity index (χ0) is 20.9. The molecule has 0 fully saturated rings. The number of rotatable bonds is 6. The van der Waals surface area contributed by atoms with Crippen molar-refractivity contribution in [3.8, 4) is 5.75 Å². The zero-order valence-electron chi connectivity index (χ0n) is 14.5. The van der Waals surface area contributed by atoms with E-state index in [0.29, 0.717) is 17.8 Å². The number of hydrogen-bond acceptors (Lipinski definition) is 3. The predicted octanol–water partition coefficient (Wildman–Crippen LogP) is 5.01. The Morgan fingerprint density at radius 2 is 1.68 bits per heavy atom. The Labute approximate surface area is 156 Å². The first-order valence-corrected chi connectivity index (χ1v) is 7.96. The van der Waals surface area contributed by atoms with Gasteiger partial charge in [-0.1, -0.05) is 18.2 Å². The summed E-state index contributed by atoms with van der Waals surface area (Å²) >= 11 is 0. The molecule has 0 spiro atoms. The molecule has 0 aliphatic rings. The number of hydrogen-bond donors (Lipinski definition) is 2. The summed E-state index contributed by atoms with van der Waals surface area (Å²) in [6.45, 7) is -0.403. The van der Waals surface area contributed by atoms with Crippen molar-refractivity contribution in [3.63, 3.8) is 0 Å². The number of ether oxygens (including phenoxy) is 1. The highest BCUT2D eigenvalue weighted by molar-refractivity contribution is 5.94. The SMILES string of the molecule is Cc1ccccc1NC(=O)CNc1cc(C(F)(F)F)ccc1OCC(F)(F)F. The van der Waals surface area contributed by atoms with Gasteiger partial charge in [0.1, 0.15) is 5.75 Å². The average molecular weight is 406 g/mol. The van der Waals surface area contributed by atoms with Crippen molar-refractivity contribution in [2.24, 2.45) is 0 Å². The van der Waals surface area contributed by atoms with Crippen molar-refractivity contribution in [2.75, 3.05) is 23.8 Å². The van der Waals surface area contributed by atoms with Gasteiger partial charge in [0.05, 0.1) is 17.8 Å². The minimum absolute atomic E-state index is 0.376. The number of nitrogens with one attached hydrogen (secondary N) is 2. The summed E-state index contributed by atoms with van der Waals surface area (Å²) in [6, 6.07) is 8.80. The first kappa shape index (κ1) is 21.4. The van der Waals surface area contributed by atoms with E-state index in [1.807, 2.05) is 0 Å². The standard InChI is InChI=1S/C18H16F6N2O2/c1-11-4-2-3-5-13(11)26-16(27)9-25-14-8-12(18(22,23)24)6-7-15(14)28-10-17(19,20)21/h2-8,25H,9-10H2,1H3,(H,26,27). The maximum Gasteiger partial charge on any atom is 0.422 e. The lowest BCUT2D eigenvalue weighted by Gasteiger charge is -2.17. The van der Waals surface area contributed by atoms with Crippen molar-refractivity contribution in [1.29, 1.82) is 0 Å². The molecule has 0 aliphatic carbocycles. The molecule has 2 aromatic rings. The van der Waals surface area contributed by atoms with E-state index in [0.717, 1.165) is 11.6 Å². The molecule has 0 atom stereocenters. The van der Waals surface area contributed by atoms with Gasteiger partial charge in [0.2, 0.25) is 5.91 Å². The van der Waals surface area contributed by atoms with Gasteiger partial charge in [-0.25, -0.2) is 0 Å². The highest BCUT2D eigenvalue weighted by Crippen LogP contribution is 2.35. The Balaban J connectivity index is 2.14. The third kappa shape index (κ3) is 6.36. The number of para-hydroxylation sites is 1. The molecule has 2 N–H and O–H groups in total. The number of amides is 1. The predicted molar refractivity (Wildman–Crippen MR) is 91.3 cm³/mol. The molecule has 0 aromatic heterocycles. The van der Waals surface area contributed by atoms with Crippen LogP contribution in [0.4, 0.5) is 37.7 Å². The molecule has 0 radical (unpaired) electrons. The molecule has 2 aromatic carbocycles. The second kappa shape index (κ2) is 8.41. The number of benzene rings is 2. The van der Waals surface area contributed by atoms with E-state index >= 15 is 0 Å². The third-order valence-corrected chi connectivity index (χ3v) is 3.56. The Bertz CT molecular complexity index is 834. The molecule has 28 heavy (non-hydrogen) atoms. The summed E-state index contributed by atoms with van der Waals surface area (Å²) in [5.74, 6) is -1.04. The Morgan fingerprint density at radius 1 is 1.00 bits per heavy atom. The van der Waals surface area contributed by atoms with E-state index < -0.39 is 42.7 Å². The van der Waals surface area contributed by atoms with Crippen LogP contribution in [0.5, 0.6) is 5.75 Å². The van der Waals surface area contributed by atoms with Crippen molar-refractivity contribution in [1.82, 2.24) is 0 Å². The van der Waals surface area contributed by atoms with Gasteiger partial charge in [-0.15, -0.1) is 0 Å². The van der Waals surface area contributed by atoms with Crippen molar-refractivity contribution in [2.45, 2.75) is 19.3 Å². The molecule has 0 unspecified atom stereocenters. The molecule has 0 heterocycles. The highest BCUT2D eigenvalue weighted by Gasteiger charge is 2.32. The fourth-order valence-corrected chi connectivity index (χ4v) is 2.21. The van der Waals surface area contributed by atoms with E-state index in [1.165, 1.54) is 0 Å². The number of alkyl halides is 6. The topological polar surface area (TPSA) is 50.4 Å². The number of aryl methyl sites for hydroxylation is 1. The van der Waals surface area contributed by atoms with Crippen LogP contribution < -0.4 is 15.4 Å². The van der Waals surface area contributed by atoms with Gasteiger partial charge < -0.3 is 15.4 Å². The maximum atomic E-state index is 12.9. The van der Waals surface area contributed by atoms with E-state index in [1.54, 1.807) is 31.2 Å². The second-order valence-corrected chi connectivity index (χ2v) is 5.83. The summed E-state index contributed by atoms with van der Waals surface area (Å²) in [5, 5.41) is 4.95. The van der Waals surface area contributed by atoms with Crippen molar-refractivity contribution < 1.29 is 35.9 Å². The lowest BCUT2D eigenvalue weighted by Crippen LogP contribution is -2.23. The van der Waals surface area contributed by atoms with Crippen LogP contribution in [0.25, 0.3) is 0 Å². The quantitative estimate of drug-likeness (QED) is 0.664. The lowest BCUT2D eigenvalue weighted by molar-refractivity contribution is -0.153. The lowest BCUT2D eigenvalue weighted by atomic mass is 10.1. The largest absolute Gasteiger partial charge is 0.482 e. The zero-order valence-corrected chi connectivity index (χ0v) is 14.5. The van der Waals surface area contributed by atoms with Crippen LogP contribution in [-0.2, 0) is 11.0 Å². The Kier molecular flexibility index (Phi) is 6.42. The number of carbonyl (C=O) groups is 1. The van der Waals surface area contributed by atoms with Crippen LogP contribution in [-0.4, -0.2) is 25.2 Å². The average Bonchev–Trinajstić information content (AvgIpc) is 2.59. The number of halogens is 6. The van der Waals surface area contributed by atoms with Crippen LogP contribution in [0.1, 0.15) is 11.1 Å². The van der Waals surface area contributed by atoms with Gasteiger partial charge in [0.15, 0.2) is 6.61 Å². The molecule has 10 heteroatoms. The third-order valence-electron chi connectivity index (χ3n) is 3.56. The van der Waals surface area contributed by atoms with Gasteiger partial charge in [0, 0.05) is 5.69 Å². The highest BCUT2D eigenvalue weighted by atomic mass is 19.4. The first-order chi connectivity index (χ1) is 13.0. The van der Waals surface area contributed by atoms with E-state index in [-0.39, 0.29) is 5.69 Å². The molecule has 0 saturated carbocycles. The van der Waals surface area contributed by atoms with E-state index in [2.05, 4.69) is 15.4 Å². The van der Waals surface area contributed by atoms with Gasteiger partial charge in [0.25, 0.3) is 0 Å². The van der Waals surface area contributed by atoms with Gasteiger partial charge in [-0.2, -0.15) is 26.3 Å². The summed E-state index contributed by atoms with van der Waals surface area (Å²) in [7, 11) is 0. The summed E-state index contributed by atoms with van der Waals surface area (Å²) in [5.41, 5.74) is -0.191. The van der Waals surface area contributed by atoms with Crippen LogP contribution in [0, 0.1) is 6.92 Å². The Hall–Kier alpha value is -2.91. The fraction of sp³-hybridized carbons (Fsp3) is 0.278. The minimum atomic E-state index is -4.71. The smallest absolute Gasteiger partial charge is 0.422 e. The molecule has 0 saturated heterocycles. The molecule has 1 amide bonds. The minimum Gasteiger partial charge on any atom is -0.482 e. The molecule has 4 nitrogen and oxygen atoms in total. The normalized spacial score (nSPS) is 11.8. The molecule has 152 valence electrons. The molecular formula is C18H16F6N2O2. The second-order valence-electron chi connectivity index (χ2n) is 5.83. The maximum absolute atomic E-state index is 12.9. The molecule has 2 rings (SSSR count). The Morgan fingerprint density at radius 3 is 2.29 bits per heavy atom. The fourth-order valence-electron chi connectivity index (χ4n) is 2.21. The summed E-state index contributed by atoms with van der Waals surface area (Å²) in [6.07, 6.45) is -9.37. The number of anilines is 2. The van der Waals surface area contributed by atoms with Crippen molar-refractivity contribution in [3.05, 3.63) is 53.6 Å². The summed E-state index contributed by atoms with van der Waals surface area (Å²) < 4.78 is 80.2. The van der Waals surface area contributed by atoms with E-state index in [9.17, 15) is 31.1 Å². The van der Waals surface area contributed by atoms with Gasteiger partial charge in [-0.05, 0) is 36.8 Å². The monoisotopic (exact) mass is 406 g/mol. The van der Waals surface area contributed by atoms with Crippen LogP contribution in [0.3, 0.4) is 0 Å². The first-order valence-electron chi connectivity index (χ1n) is 7.96. The van der Waals surface area contributed by atoms with Crippen LogP contribution >= 0.6 is 0 Å². The summed E-state index contributed by atoms with van der Waals surface area (Å²) in [4.78, 5) is 12.0. The van der Waals surface area contributed by atoms with Gasteiger partial charge in [-0.3, -0.25) is 4.79 Å². The van der Waals surface area contributed by atoms with Gasteiger partial charge >= 0.3 is 12.4 Å². The number of carbonyl (C=O) groups excluding carboxylic acids is 1. The molecule has 0 aliphatic heterocycles. The molecular weight excluding hydrogens is 390 g/mol. The van der Waals surface area contributed by atoms with Crippen LogP contribution in [0.2, 0.25) is 0 Å². The van der Waals surface area contributed by atoms with E-state index in [4.69, 9.17) is 0 Å². The molecule has 0 bridgehead atoms. The van der Waals surface area contributed by atoms with Crippen LogP contribution in [0.15, 0.2) is 42.5 Å². The van der Waals surface area contributed by atoms with Crippen molar-refractivity contribution >= 4 is 17.3 Å².